The molecule has 2 rings (SSSR count). The van der Waals surface area contributed by atoms with Gasteiger partial charge in [0.25, 0.3) is 0 Å². The number of carboxylic acids is 1. The second-order valence-corrected chi connectivity index (χ2v) is 4.26. The van der Waals surface area contributed by atoms with E-state index in [1.165, 1.54) is 0 Å². The number of carbonyl (C=O) groups is 1. The predicted molar refractivity (Wildman–Crippen MR) is 50.3 cm³/mol. The van der Waals surface area contributed by atoms with Crippen LogP contribution in [-0.2, 0) is 4.79 Å². The molecule has 2 heteroatoms. The van der Waals surface area contributed by atoms with Gasteiger partial charge in [-0.05, 0) is 30.6 Å². The van der Waals surface area contributed by atoms with Crippen molar-refractivity contribution in [2.24, 2.45) is 23.7 Å². The maximum atomic E-state index is 11.0. The van der Waals surface area contributed by atoms with Gasteiger partial charge in [-0.25, -0.2) is 0 Å². The van der Waals surface area contributed by atoms with Gasteiger partial charge in [-0.2, -0.15) is 0 Å². The van der Waals surface area contributed by atoms with E-state index in [1.807, 2.05) is 0 Å². The fourth-order valence-corrected chi connectivity index (χ4v) is 3.02. The van der Waals surface area contributed by atoms with E-state index in [4.69, 9.17) is 5.11 Å². The van der Waals surface area contributed by atoms with Gasteiger partial charge < -0.3 is 5.11 Å². The largest absolute Gasteiger partial charge is 0.481 e. The number of carboxylic acid groups (broad SMARTS) is 1. The van der Waals surface area contributed by atoms with Crippen LogP contribution in [0, 0.1) is 23.7 Å². The summed E-state index contributed by atoms with van der Waals surface area (Å²) in [5.41, 5.74) is 0. The fraction of sp³-hybridized carbons (Fsp3) is 0.727. The topological polar surface area (TPSA) is 37.3 Å². The Balaban J connectivity index is 2.15. The first-order valence-electron chi connectivity index (χ1n) is 5.15. The molecule has 4 unspecified atom stereocenters. The number of rotatable bonds is 3. The number of hydrogen-bond acceptors (Lipinski definition) is 1. The van der Waals surface area contributed by atoms with Crippen molar-refractivity contribution >= 4 is 5.97 Å². The van der Waals surface area contributed by atoms with E-state index in [-0.39, 0.29) is 5.92 Å². The standard InChI is InChI=1S/C11H16O2/c1-2-3-9-7-4-5-8(6-7)10(9)11(12)13/h4-5,7-10H,2-3,6H2,1H3,(H,12,13). The molecule has 0 heterocycles. The normalized spacial score (nSPS) is 41.3. The average molecular weight is 180 g/mol. The minimum atomic E-state index is -0.588. The molecule has 2 nitrogen and oxygen atoms in total. The van der Waals surface area contributed by atoms with Crippen molar-refractivity contribution in [3.05, 3.63) is 12.2 Å². The molecule has 2 aliphatic rings. The Hall–Kier alpha value is -0.790. The third-order valence-corrected chi connectivity index (χ3v) is 3.53. The van der Waals surface area contributed by atoms with Gasteiger partial charge in [0.05, 0.1) is 5.92 Å². The summed E-state index contributed by atoms with van der Waals surface area (Å²) in [5, 5.41) is 9.10. The molecule has 0 spiro atoms. The maximum Gasteiger partial charge on any atom is 0.307 e. The quantitative estimate of drug-likeness (QED) is 0.677. The lowest BCUT2D eigenvalue weighted by molar-refractivity contribution is -0.144. The van der Waals surface area contributed by atoms with E-state index in [0.29, 0.717) is 17.8 Å². The van der Waals surface area contributed by atoms with Crippen LogP contribution in [0.4, 0.5) is 0 Å². The molecule has 4 atom stereocenters. The summed E-state index contributed by atoms with van der Waals surface area (Å²) in [5.74, 6) is 0.632. The highest BCUT2D eigenvalue weighted by molar-refractivity contribution is 5.72. The first-order valence-corrected chi connectivity index (χ1v) is 5.15. The van der Waals surface area contributed by atoms with Crippen LogP contribution in [0.25, 0.3) is 0 Å². The van der Waals surface area contributed by atoms with E-state index in [0.717, 1.165) is 19.3 Å². The highest BCUT2D eigenvalue weighted by Gasteiger charge is 2.47. The number of fused-ring (bicyclic) bond motifs is 2. The first-order chi connectivity index (χ1) is 6.24. The molecule has 2 bridgehead atoms. The zero-order valence-electron chi connectivity index (χ0n) is 7.94. The lowest BCUT2D eigenvalue weighted by Gasteiger charge is -2.23. The lowest BCUT2D eigenvalue weighted by Crippen LogP contribution is -2.27. The molecule has 72 valence electrons. The van der Waals surface area contributed by atoms with E-state index in [1.54, 1.807) is 0 Å². The zero-order chi connectivity index (χ0) is 9.42. The molecule has 2 aliphatic carbocycles. The van der Waals surface area contributed by atoms with Crippen LogP contribution in [0.5, 0.6) is 0 Å². The van der Waals surface area contributed by atoms with Crippen molar-refractivity contribution in [2.75, 3.05) is 0 Å². The third kappa shape index (κ3) is 1.28. The Morgan fingerprint density at radius 2 is 2.15 bits per heavy atom. The monoisotopic (exact) mass is 180 g/mol. The molecule has 0 saturated heterocycles. The predicted octanol–water partition coefficient (Wildman–Crippen LogP) is 2.31. The van der Waals surface area contributed by atoms with Gasteiger partial charge in [0.2, 0.25) is 0 Å². The molecule has 13 heavy (non-hydrogen) atoms. The van der Waals surface area contributed by atoms with Crippen molar-refractivity contribution in [1.29, 1.82) is 0 Å². The summed E-state index contributed by atoms with van der Waals surface area (Å²) in [6.07, 6.45) is 7.59. The number of aliphatic carboxylic acids is 1. The van der Waals surface area contributed by atoms with Gasteiger partial charge in [-0.1, -0.05) is 25.5 Å². The minimum Gasteiger partial charge on any atom is -0.481 e. The molecule has 1 fully saturated rings. The van der Waals surface area contributed by atoms with Crippen molar-refractivity contribution < 1.29 is 9.90 Å². The second-order valence-electron chi connectivity index (χ2n) is 4.26. The number of allylic oxidation sites excluding steroid dienone is 2. The van der Waals surface area contributed by atoms with Crippen LogP contribution >= 0.6 is 0 Å². The van der Waals surface area contributed by atoms with Gasteiger partial charge in [0.1, 0.15) is 0 Å². The molecular weight excluding hydrogens is 164 g/mol. The summed E-state index contributed by atoms with van der Waals surface area (Å²) >= 11 is 0. The van der Waals surface area contributed by atoms with Gasteiger partial charge in [-0.3, -0.25) is 4.79 Å². The Morgan fingerprint density at radius 1 is 1.46 bits per heavy atom. The highest BCUT2D eigenvalue weighted by atomic mass is 16.4. The second kappa shape index (κ2) is 3.17. The van der Waals surface area contributed by atoms with E-state index < -0.39 is 5.97 Å². The van der Waals surface area contributed by atoms with E-state index in [9.17, 15) is 4.79 Å². The van der Waals surface area contributed by atoms with E-state index in [2.05, 4.69) is 19.1 Å². The highest BCUT2D eigenvalue weighted by Crippen LogP contribution is 2.49. The fourth-order valence-electron chi connectivity index (χ4n) is 3.02. The molecule has 0 aromatic carbocycles. The van der Waals surface area contributed by atoms with Gasteiger partial charge >= 0.3 is 5.97 Å². The number of hydrogen-bond donors (Lipinski definition) is 1. The Kier molecular flexibility index (Phi) is 2.14. The van der Waals surface area contributed by atoms with E-state index >= 15 is 0 Å². The van der Waals surface area contributed by atoms with Crippen LogP contribution in [0.2, 0.25) is 0 Å². The summed E-state index contributed by atoms with van der Waals surface area (Å²) in [6.45, 7) is 2.13. The molecule has 0 amide bonds. The smallest absolute Gasteiger partial charge is 0.307 e. The molecule has 0 aromatic rings. The minimum absolute atomic E-state index is 0.0880. The van der Waals surface area contributed by atoms with Crippen LogP contribution in [-0.4, -0.2) is 11.1 Å². The zero-order valence-corrected chi connectivity index (χ0v) is 7.94. The van der Waals surface area contributed by atoms with Crippen molar-refractivity contribution in [3.8, 4) is 0 Å². The third-order valence-electron chi connectivity index (χ3n) is 3.53. The summed E-state index contributed by atoms with van der Waals surface area (Å²) in [7, 11) is 0. The van der Waals surface area contributed by atoms with Crippen molar-refractivity contribution in [3.63, 3.8) is 0 Å². The molecule has 0 aliphatic heterocycles. The van der Waals surface area contributed by atoms with Gasteiger partial charge in [-0.15, -0.1) is 0 Å². The maximum absolute atomic E-state index is 11.0. The molecule has 1 saturated carbocycles. The molecule has 1 N–H and O–H groups in total. The molecular formula is C11H16O2. The summed E-state index contributed by atoms with van der Waals surface area (Å²) < 4.78 is 0. The molecule has 0 radical (unpaired) electrons. The SMILES string of the molecule is CCCC1C2C=CC(C2)C1C(=O)O. The van der Waals surface area contributed by atoms with Crippen LogP contribution in [0.15, 0.2) is 12.2 Å². The Labute approximate surface area is 78.6 Å². The summed E-state index contributed by atoms with van der Waals surface area (Å²) in [6, 6.07) is 0. The summed E-state index contributed by atoms with van der Waals surface area (Å²) in [4.78, 5) is 11.0. The Morgan fingerprint density at radius 3 is 2.77 bits per heavy atom. The Bertz CT molecular complexity index is 244. The van der Waals surface area contributed by atoms with Crippen LogP contribution < -0.4 is 0 Å². The average Bonchev–Trinajstić information content (AvgIpc) is 2.63. The van der Waals surface area contributed by atoms with Gasteiger partial charge in [0.15, 0.2) is 0 Å². The van der Waals surface area contributed by atoms with Crippen molar-refractivity contribution in [2.45, 2.75) is 26.2 Å². The molecule has 0 aromatic heterocycles. The van der Waals surface area contributed by atoms with Crippen LogP contribution in [0.1, 0.15) is 26.2 Å². The first kappa shape index (κ1) is 8.79. The van der Waals surface area contributed by atoms with Gasteiger partial charge in [0, 0.05) is 0 Å². The lowest BCUT2D eigenvalue weighted by atomic mass is 9.80. The van der Waals surface area contributed by atoms with Crippen LogP contribution in [0.3, 0.4) is 0 Å². The van der Waals surface area contributed by atoms with Crippen molar-refractivity contribution in [1.82, 2.24) is 0 Å².